The molecular weight excluding hydrogens is 651 g/mol. The van der Waals surface area contributed by atoms with Gasteiger partial charge in [-0.1, -0.05) is 166 Å². The first-order valence-corrected chi connectivity index (χ1v) is 19.0. The number of fused-ring (bicyclic) bond motifs is 10. The first-order valence-electron chi connectivity index (χ1n) is 19.0. The Labute approximate surface area is 318 Å². The van der Waals surface area contributed by atoms with Crippen molar-refractivity contribution >= 4 is 22.6 Å². The largest absolute Gasteiger partial charge is 0.310 e. The van der Waals surface area contributed by atoms with Gasteiger partial charge in [-0.05, 0) is 121 Å². The number of hydrogen-bond donors (Lipinski definition) is 0. The molecule has 0 radical (unpaired) electrons. The Morgan fingerprint density at radius 1 is 0.463 bits per heavy atom. The van der Waals surface area contributed by atoms with Crippen LogP contribution in [0.5, 0.6) is 0 Å². The maximum absolute atomic E-state index is 4.39. The highest BCUT2D eigenvalue weighted by Crippen LogP contribution is 2.63. The van der Waals surface area contributed by atoms with Crippen LogP contribution in [-0.4, -0.2) is 0 Å². The Morgan fingerprint density at radius 3 is 1.56 bits per heavy atom. The van der Waals surface area contributed by atoms with E-state index >= 15 is 0 Å². The predicted octanol–water partition coefficient (Wildman–Crippen LogP) is 14.0. The van der Waals surface area contributed by atoms with E-state index in [1.807, 2.05) is 0 Å². The second kappa shape index (κ2) is 12.0. The quantitative estimate of drug-likeness (QED) is 0.168. The number of anilines is 3. The molecule has 7 aromatic carbocycles. The number of rotatable bonds is 6. The highest BCUT2D eigenvalue weighted by Gasteiger charge is 2.52. The number of nitrogens with zero attached hydrogens (tertiary/aromatic N) is 1. The zero-order valence-corrected chi connectivity index (χ0v) is 31.0. The van der Waals surface area contributed by atoms with E-state index in [1.165, 1.54) is 77.9 Å². The van der Waals surface area contributed by atoms with Crippen LogP contribution in [0.1, 0.15) is 54.2 Å². The molecule has 0 aromatic heterocycles. The Balaban J connectivity index is 1.22. The first-order chi connectivity index (χ1) is 26.5. The van der Waals surface area contributed by atoms with Crippen LogP contribution in [0.15, 0.2) is 194 Å². The molecule has 7 aromatic rings. The van der Waals surface area contributed by atoms with Crippen molar-refractivity contribution in [3.05, 3.63) is 228 Å². The molecular formula is C53H41N. The van der Waals surface area contributed by atoms with Gasteiger partial charge in [-0.15, -0.1) is 0 Å². The molecule has 0 N–H and O–H groups in total. The molecule has 3 aliphatic rings. The smallest absolute Gasteiger partial charge is 0.0726 e. The van der Waals surface area contributed by atoms with Gasteiger partial charge in [0.05, 0.1) is 5.41 Å². The summed E-state index contributed by atoms with van der Waals surface area (Å²) in [6.07, 6.45) is 6.56. The molecule has 0 aliphatic heterocycles. The Kier molecular flexibility index (Phi) is 7.19. The minimum Gasteiger partial charge on any atom is -0.310 e. The minimum atomic E-state index is -0.473. The summed E-state index contributed by atoms with van der Waals surface area (Å²) < 4.78 is 0. The van der Waals surface area contributed by atoms with Crippen molar-refractivity contribution in [3.63, 3.8) is 0 Å². The van der Waals surface area contributed by atoms with Gasteiger partial charge in [0.15, 0.2) is 0 Å². The van der Waals surface area contributed by atoms with Gasteiger partial charge in [0, 0.05) is 22.5 Å². The van der Waals surface area contributed by atoms with Gasteiger partial charge in [0.25, 0.3) is 0 Å². The molecule has 1 spiro atoms. The molecule has 1 nitrogen and oxygen atoms in total. The molecule has 1 heteroatoms. The minimum absolute atomic E-state index is 0.117. The molecule has 0 fully saturated rings. The molecule has 54 heavy (non-hydrogen) atoms. The summed E-state index contributed by atoms with van der Waals surface area (Å²) in [5.41, 5.74) is 20.8. The lowest BCUT2D eigenvalue weighted by atomic mass is 9.69. The van der Waals surface area contributed by atoms with Gasteiger partial charge >= 0.3 is 0 Å². The third-order valence-electron chi connectivity index (χ3n) is 12.2. The maximum Gasteiger partial charge on any atom is 0.0726 e. The Morgan fingerprint density at radius 2 is 0.944 bits per heavy atom. The van der Waals surface area contributed by atoms with Crippen LogP contribution >= 0.6 is 0 Å². The van der Waals surface area contributed by atoms with Crippen LogP contribution in [-0.2, 0) is 10.8 Å². The third kappa shape index (κ3) is 4.39. The van der Waals surface area contributed by atoms with Crippen LogP contribution in [0.4, 0.5) is 17.1 Å². The fraction of sp³-hybridized carbons (Fsp3) is 0.0943. The molecule has 0 unspecified atom stereocenters. The molecule has 0 heterocycles. The zero-order chi connectivity index (χ0) is 36.6. The average molecular weight is 692 g/mol. The van der Waals surface area contributed by atoms with Gasteiger partial charge in [-0.25, -0.2) is 0 Å². The summed E-state index contributed by atoms with van der Waals surface area (Å²) in [5.74, 6) is 0. The lowest BCUT2D eigenvalue weighted by Gasteiger charge is -2.33. The standard InChI is InChI=1S/C53H41N/c1-5-16-47-40(6-2)44-31-29-39(34-51(44)53(47)48-23-14-11-20-42(48)43-21-12-15-24-49(43)53)54(37-27-25-36(26-28-37)35-17-8-7-9-18-35)38-30-32-45-41-19-10-13-22-46(41)52(3,4)50(45)33-38/h5-34H,2H2,1,3-4H3/b16-5-. The van der Waals surface area contributed by atoms with Gasteiger partial charge < -0.3 is 4.90 Å². The maximum atomic E-state index is 4.39. The fourth-order valence-electron chi connectivity index (χ4n) is 9.84. The van der Waals surface area contributed by atoms with Gasteiger partial charge in [0.1, 0.15) is 0 Å². The van der Waals surface area contributed by atoms with Crippen molar-refractivity contribution in [2.24, 2.45) is 0 Å². The summed E-state index contributed by atoms with van der Waals surface area (Å²) >= 11 is 0. The van der Waals surface area contributed by atoms with Gasteiger partial charge in [0.2, 0.25) is 0 Å². The molecule has 0 saturated carbocycles. The highest BCUT2D eigenvalue weighted by molar-refractivity contribution is 5.99. The second-order valence-corrected chi connectivity index (χ2v) is 15.3. The van der Waals surface area contributed by atoms with Crippen molar-refractivity contribution in [2.45, 2.75) is 31.6 Å². The summed E-state index contributed by atoms with van der Waals surface area (Å²) in [4.78, 5) is 2.45. The summed E-state index contributed by atoms with van der Waals surface area (Å²) in [7, 11) is 0. The van der Waals surface area contributed by atoms with E-state index in [0.717, 1.165) is 17.1 Å². The predicted molar refractivity (Wildman–Crippen MR) is 228 cm³/mol. The highest BCUT2D eigenvalue weighted by atomic mass is 15.1. The van der Waals surface area contributed by atoms with E-state index in [0.29, 0.717) is 0 Å². The first kappa shape index (κ1) is 32.2. The Hall–Kier alpha value is -6.44. The average Bonchev–Trinajstić information content (AvgIpc) is 3.76. The monoisotopic (exact) mass is 691 g/mol. The summed E-state index contributed by atoms with van der Waals surface area (Å²) in [6, 6.07) is 60.7. The SMILES string of the molecule is C=CC1=C(/C=C\C)C2(c3cc(N(c4ccc(-c5ccccc5)cc4)c4ccc5c(c4)C(C)(C)c4ccccc4-5)ccc31)c1ccccc1-c1ccccc12. The van der Waals surface area contributed by atoms with E-state index in [-0.39, 0.29) is 5.41 Å². The van der Waals surface area contributed by atoms with Crippen LogP contribution in [0.25, 0.3) is 39.0 Å². The molecule has 3 aliphatic carbocycles. The molecule has 0 amide bonds. The van der Waals surface area contributed by atoms with Crippen molar-refractivity contribution in [2.75, 3.05) is 4.90 Å². The Bertz CT molecular complexity index is 2660. The topological polar surface area (TPSA) is 3.24 Å². The third-order valence-corrected chi connectivity index (χ3v) is 12.2. The number of hydrogen-bond acceptors (Lipinski definition) is 1. The number of benzene rings is 7. The van der Waals surface area contributed by atoms with Gasteiger partial charge in [-0.3, -0.25) is 0 Å². The van der Waals surface area contributed by atoms with Crippen LogP contribution < -0.4 is 4.90 Å². The molecule has 0 atom stereocenters. The summed E-state index contributed by atoms with van der Waals surface area (Å²) in [6.45, 7) is 11.2. The molecule has 0 saturated heterocycles. The van der Waals surface area contributed by atoms with Crippen molar-refractivity contribution in [1.82, 2.24) is 0 Å². The molecule has 10 rings (SSSR count). The fourth-order valence-corrected chi connectivity index (χ4v) is 9.84. The lowest BCUT2D eigenvalue weighted by molar-refractivity contribution is 0.660. The molecule has 258 valence electrons. The summed E-state index contributed by atoms with van der Waals surface area (Å²) in [5, 5.41) is 0. The van der Waals surface area contributed by atoms with Crippen LogP contribution in [0, 0.1) is 0 Å². The normalized spacial score (nSPS) is 15.2. The zero-order valence-electron chi connectivity index (χ0n) is 31.0. The second-order valence-electron chi connectivity index (χ2n) is 15.3. The van der Waals surface area contributed by atoms with Crippen LogP contribution in [0.2, 0.25) is 0 Å². The van der Waals surface area contributed by atoms with E-state index < -0.39 is 5.41 Å². The lowest BCUT2D eigenvalue weighted by Crippen LogP contribution is -2.27. The van der Waals surface area contributed by atoms with E-state index in [1.54, 1.807) is 0 Å². The van der Waals surface area contributed by atoms with Gasteiger partial charge in [-0.2, -0.15) is 0 Å². The molecule has 0 bridgehead atoms. The van der Waals surface area contributed by atoms with E-state index in [9.17, 15) is 0 Å². The van der Waals surface area contributed by atoms with Crippen molar-refractivity contribution < 1.29 is 0 Å². The van der Waals surface area contributed by atoms with E-state index in [4.69, 9.17) is 0 Å². The van der Waals surface area contributed by atoms with Crippen molar-refractivity contribution in [3.8, 4) is 33.4 Å². The van der Waals surface area contributed by atoms with Crippen LogP contribution in [0.3, 0.4) is 0 Å². The van der Waals surface area contributed by atoms with E-state index in [2.05, 4.69) is 214 Å². The van der Waals surface area contributed by atoms with Crippen molar-refractivity contribution in [1.29, 1.82) is 0 Å². The number of allylic oxidation sites excluding steroid dienone is 5.